The Morgan fingerprint density at radius 2 is 1.91 bits per heavy atom. The quantitative estimate of drug-likeness (QED) is 0.713. The smallest absolute Gasteiger partial charge is 0.293 e. The topological polar surface area (TPSA) is 72.6 Å². The molecule has 3 heterocycles. The summed E-state index contributed by atoms with van der Waals surface area (Å²) in [5, 5.41) is 13.4. The van der Waals surface area contributed by atoms with Gasteiger partial charge >= 0.3 is 0 Å². The standard InChI is InChI=1S/C14H13N5O2S/c20-13(18-6-8-21-9-7-18)11-15-16-14-19(11)17-12(22-14)10-4-2-1-3-5-10/h1-5H,6-9H2. The number of aromatic nitrogens is 4. The van der Waals surface area contributed by atoms with E-state index in [-0.39, 0.29) is 11.7 Å². The van der Waals surface area contributed by atoms with Crippen LogP contribution >= 0.6 is 11.3 Å². The van der Waals surface area contributed by atoms with E-state index in [0.29, 0.717) is 31.3 Å². The summed E-state index contributed by atoms with van der Waals surface area (Å²) in [6.45, 7) is 2.26. The molecule has 0 bridgehead atoms. The first-order valence-corrected chi connectivity index (χ1v) is 7.79. The van der Waals surface area contributed by atoms with Gasteiger partial charge in [0, 0.05) is 18.7 Å². The van der Waals surface area contributed by atoms with Crippen molar-refractivity contribution in [3.05, 3.63) is 36.2 Å². The number of amides is 1. The van der Waals surface area contributed by atoms with Crippen LogP contribution in [0.4, 0.5) is 0 Å². The van der Waals surface area contributed by atoms with Crippen molar-refractivity contribution in [1.82, 2.24) is 24.7 Å². The molecule has 0 unspecified atom stereocenters. The molecule has 112 valence electrons. The number of carbonyl (C=O) groups excluding carboxylic acids is 1. The minimum Gasteiger partial charge on any atom is -0.378 e. The molecule has 1 amide bonds. The molecule has 3 aromatic rings. The fraction of sp³-hybridized carbons (Fsp3) is 0.286. The van der Waals surface area contributed by atoms with E-state index in [9.17, 15) is 4.79 Å². The van der Waals surface area contributed by atoms with Crippen LogP contribution in [0.5, 0.6) is 0 Å². The summed E-state index contributed by atoms with van der Waals surface area (Å²) in [4.78, 5) is 14.9. The normalized spacial score (nSPS) is 15.4. The molecule has 1 aromatic carbocycles. The monoisotopic (exact) mass is 315 g/mol. The third kappa shape index (κ3) is 2.26. The molecule has 2 aromatic heterocycles. The zero-order valence-electron chi connectivity index (χ0n) is 11.7. The summed E-state index contributed by atoms with van der Waals surface area (Å²) in [6.07, 6.45) is 0. The van der Waals surface area contributed by atoms with Crippen LogP contribution in [0.3, 0.4) is 0 Å². The Bertz CT molecular complexity index is 807. The second-order valence-electron chi connectivity index (χ2n) is 4.90. The number of carbonyl (C=O) groups is 1. The molecule has 0 N–H and O–H groups in total. The van der Waals surface area contributed by atoms with Crippen LogP contribution in [0.2, 0.25) is 0 Å². The maximum absolute atomic E-state index is 12.5. The molecule has 0 aliphatic carbocycles. The fourth-order valence-electron chi connectivity index (χ4n) is 2.36. The molecule has 0 radical (unpaired) electrons. The maximum Gasteiger partial charge on any atom is 0.293 e. The van der Waals surface area contributed by atoms with Gasteiger partial charge in [0.05, 0.1) is 13.2 Å². The van der Waals surface area contributed by atoms with E-state index in [0.717, 1.165) is 10.6 Å². The third-order valence-corrected chi connectivity index (χ3v) is 4.45. The van der Waals surface area contributed by atoms with Crippen molar-refractivity contribution in [2.45, 2.75) is 0 Å². The SMILES string of the molecule is O=C(c1nnc2sc(-c3ccccc3)nn12)N1CCOCC1. The van der Waals surface area contributed by atoms with Crippen LogP contribution in [-0.2, 0) is 4.74 Å². The lowest BCUT2D eigenvalue weighted by Crippen LogP contribution is -2.41. The highest BCUT2D eigenvalue weighted by Gasteiger charge is 2.25. The number of hydrogen-bond acceptors (Lipinski definition) is 6. The number of morpholine rings is 1. The molecule has 4 rings (SSSR count). The molecule has 1 aliphatic rings. The average Bonchev–Trinajstić information content (AvgIpc) is 3.16. The predicted octanol–water partition coefficient (Wildman–Crippen LogP) is 1.33. The Morgan fingerprint density at radius 1 is 1.14 bits per heavy atom. The molecule has 1 aliphatic heterocycles. The lowest BCUT2D eigenvalue weighted by Gasteiger charge is -2.25. The second kappa shape index (κ2) is 5.47. The lowest BCUT2D eigenvalue weighted by atomic mass is 10.2. The first-order chi connectivity index (χ1) is 10.8. The van der Waals surface area contributed by atoms with E-state index in [2.05, 4.69) is 15.3 Å². The molecule has 8 heteroatoms. The maximum atomic E-state index is 12.5. The molecule has 22 heavy (non-hydrogen) atoms. The van der Waals surface area contributed by atoms with Gasteiger partial charge in [0.25, 0.3) is 5.91 Å². The summed E-state index contributed by atoms with van der Waals surface area (Å²) in [5.41, 5.74) is 1.00. The van der Waals surface area contributed by atoms with Gasteiger partial charge in [-0.15, -0.1) is 10.2 Å². The van der Waals surface area contributed by atoms with E-state index in [1.807, 2.05) is 30.3 Å². The third-order valence-electron chi connectivity index (χ3n) is 3.50. The van der Waals surface area contributed by atoms with E-state index in [1.165, 1.54) is 15.9 Å². The number of benzene rings is 1. The van der Waals surface area contributed by atoms with Crippen molar-refractivity contribution in [2.24, 2.45) is 0 Å². The molecule has 1 fully saturated rings. The number of hydrogen-bond donors (Lipinski definition) is 0. The van der Waals surface area contributed by atoms with Gasteiger partial charge in [0.15, 0.2) is 0 Å². The number of ether oxygens (including phenoxy) is 1. The first-order valence-electron chi connectivity index (χ1n) is 6.97. The van der Waals surface area contributed by atoms with E-state index < -0.39 is 0 Å². The first kappa shape index (κ1) is 13.4. The minimum atomic E-state index is -0.152. The molecule has 7 nitrogen and oxygen atoms in total. The fourth-order valence-corrected chi connectivity index (χ4v) is 3.20. The average molecular weight is 315 g/mol. The Labute approximate surface area is 130 Å². The highest BCUT2D eigenvalue weighted by atomic mass is 32.1. The zero-order valence-corrected chi connectivity index (χ0v) is 12.5. The Hall–Kier alpha value is -2.32. The van der Waals surface area contributed by atoms with Crippen molar-refractivity contribution in [2.75, 3.05) is 26.3 Å². The summed E-state index contributed by atoms with van der Waals surface area (Å²) in [6, 6.07) is 9.83. The van der Waals surface area contributed by atoms with Gasteiger partial charge in [0.1, 0.15) is 5.01 Å². The predicted molar refractivity (Wildman–Crippen MR) is 80.8 cm³/mol. The van der Waals surface area contributed by atoms with Gasteiger partial charge in [-0.3, -0.25) is 4.79 Å². The second-order valence-corrected chi connectivity index (χ2v) is 5.85. The highest BCUT2D eigenvalue weighted by molar-refractivity contribution is 7.19. The van der Waals surface area contributed by atoms with Gasteiger partial charge in [-0.25, -0.2) is 0 Å². The van der Waals surface area contributed by atoms with Crippen LogP contribution in [-0.4, -0.2) is 56.9 Å². The van der Waals surface area contributed by atoms with Crippen LogP contribution in [0.25, 0.3) is 15.5 Å². The van der Waals surface area contributed by atoms with Crippen molar-refractivity contribution in [3.8, 4) is 10.6 Å². The molecule has 0 spiro atoms. The van der Waals surface area contributed by atoms with E-state index in [1.54, 1.807) is 4.90 Å². The Kier molecular flexibility index (Phi) is 3.32. The highest BCUT2D eigenvalue weighted by Crippen LogP contribution is 2.25. The van der Waals surface area contributed by atoms with Crippen LogP contribution < -0.4 is 0 Å². The number of rotatable bonds is 2. The van der Waals surface area contributed by atoms with Crippen LogP contribution in [0, 0.1) is 0 Å². The minimum absolute atomic E-state index is 0.152. The summed E-state index contributed by atoms with van der Waals surface area (Å²) < 4.78 is 6.80. The van der Waals surface area contributed by atoms with Crippen LogP contribution in [0.15, 0.2) is 30.3 Å². The summed E-state index contributed by atoms with van der Waals surface area (Å²) >= 11 is 1.42. The lowest BCUT2D eigenvalue weighted by molar-refractivity contribution is 0.0293. The van der Waals surface area contributed by atoms with Crippen molar-refractivity contribution in [1.29, 1.82) is 0 Å². The summed E-state index contributed by atoms with van der Waals surface area (Å²) in [7, 11) is 0. The van der Waals surface area contributed by atoms with Gasteiger partial charge in [0.2, 0.25) is 10.8 Å². The zero-order chi connectivity index (χ0) is 14.9. The van der Waals surface area contributed by atoms with E-state index in [4.69, 9.17) is 4.74 Å². The molecular formula is C14H13N5O2S. The van der Waals surface area contributed by atoms with Crippen molar-refractivity contribution in [3.63, 3.8) is 0 Å². The molecule has 1 saturated heterocycles. The summed E-state index contributed by atoms with van der Waals surface area (Å²) in [5.74, 6) is 0.107. The number of nitrogens with zero attached hydrogens (tertiary/aromatic N) is 5. The van der Waals surface area contributed by atoms with Gasteiger partial charge in [-0.2, -0.15) is 9.61 Å². The van der Waals surface area contributed by atoms with Gasteiger partial charge in [-0.1, -0.05) is 41.7 Å². The van der Waals surface area contributed by atoms with Crippen molar-refractivity contribution >= 4 is 22.2 Å². The Balaban J connectivity index is 1.70. The van der Waals surface area contributed by atoms with E-state index >= 15 is 0 Å². The van der Waals surface area contributed by atoms with Gasteiger partial charge in [-0.05, 0) is 0 Å². The molecule has 0 atom stereocenters. The number of fused-ring (bicyclic) bond motifs is 1. The Morgan fingerprint density at radius 3 is 2.68 bits per heavy atom. The van der Waals surface area contributed by atoms with Crippen molar-refractivity contribution < 1.29 is 9.53 Å². The molecule has 0 saturated carbocycles. The largest absolute Gasteiger partial charge is 0.378 e. The van der Waals surface area contributed by atoms with Gasteiger partial charge < -0.3 is 9.64 Å². The molecular weight excluding hydrogens is 302 g/mol. The van der Waals surface area contributed by atoms with Crippen LogP contribution in [0.1, 0.15) is 10.6 Å².